The van der Waals surface area contributed by atoms with E-state index in [0.717, 1.165) is 25.0 Å². The molecule has 0 saturated heterocycles. The number of nitrogens with zero attached hydrogens (tertiary/aromatic N) is 1. The summed E-state index contributed by atoms with van der Waals surface area (Å²) in [6, 6.07) is 10.0. The maximum Gasteiger partial charge on any atom is 0.0233 e. The van der Waals surface area contributed by atoms with E-state index < -0.39 is 0 Å². The molecule has 1 N–H and O–H groups in total. The molecule has 2 heteroatoms. The van der Waals surface area contributed by atoms with Crippen LogP contribution in [0.5, 0.6) is 0 Å². The van der Waals surface area contributed by atoms with Crippen LogP contribution in [0.25, 0.3) is 0 Å². The van der Waals surface area contributed by atoms with Crippen molar-refractivity contribution < 1.29 is 0 Å². The second kappa shape index (κ2) is 6.73. The van der Waals surface area contributed by atoms with Crippen molar-refractivity contribution in [2.75, 3.05) is 13.1 Å². The van der Waals surface area contributed by atoms with Crippen molar-refractivity contribution in [3.63, 3.8) is 0 Å². The van der Waals surface area contributed by atoms with Crippen LogP contribution >= 0.6 is 0 Å². The molecule has 0 radical (unpaired) electrons. The van der Waals surface area contributed by atoms with Crippen LogP contribution in [-0.4, -0.2) is 24.0 Å². The first-order chi connectivity index (χ1) is 9.83. The fraction of sp³-hybridized carbons (Fsp3) is 0.667. The molecule has 2 fully saturated rings. The summed E-state index contributed by atoms with van der Waals surface area (Å²) in [6.07, 6.45) is 7.07. The molecule has 2 saturated carbocycles. The Hall–Kier alpha value is -0.860. The number of hydrogen-bond donors (Lipinski definition) is 1. The first kappa shape index (κ1) is 14.1. The van der Waals surface area contributed by atoms with Gasteiger partial charge in [-0.3, -0.25) is 4.90 Å². The number of rotatable bonds is 8. The summed E-state index contributed by atoms with van der Waals surface area (Å²) in [4.78, 5) is 2.60. The zero-order valence-corrected chi connectivity index (χ0v) is 12.8. The standard InChI is InChI=1S/C18H28N2/c1-2-20(13-16-4-3-5-16)14-17-8-6-15(7-9-17)12-19-18-10-11-18/h6-9,16,18-19H,2-5,10-14H2,1H3. The molecule has 20 heavy (non-hydrogen) atoms. The van der Waals surface area contributed by atoms with Gasteiger partial charge in [-0.05, 0) is 49.3 Å². The lowest BCUT2D eigenvalue weighted by Gasteiger charge is -2.31. The highest BCUT2D eigenvalue weighted by atomic mass is 15.1. The Morgan fingerprint density at radius 1 is 1.05 bits per heavy atom. The van der Waals surface area contributed by atoms with Crippen LogP contribution < -0.4 is 5.32 Å². The van der Waals surface area contributed by atoms with Crippen LogP contribution in [0.4, 0.5) is 0 Å². The van der Waals surface area contributed by atoms with E-state index in [9.17, 15) is 0 Å². The number of nitrogens with one attached hydrogen (secondary N) is 1. The topological polar surface area (TPSA) is 15.3 Å². The van der Waals surface area contributed by atoms with Crippen molar-refractivity contribution in [3.05, 3.63) is 35.4 Å². The zero-order chi connectivity index (χ0) is 13.8. The largest absolute Gasteiger partial charge is 0.310 e. The number of benzene rings is 1. The quantitative estimate of drug-likeness (QED) is 0.778. The van der Waals surface area contributed by atoms with E-state index in [-0.39, 0.29) is 0 Å². The SMILES string of the molecule is CCN(Cc1ccc(CNC2CC2)cc1)CC1CCC1. The van der Waals surface area contributed by atoms with Gasteiger partial charge in [0.2, 0.25) is 0 Å². The van der Waals surface area contributed by atoms with Gasteiger partial charge in [-0.1, -0.05) is 37.6 Å². The Balaban J connectivity index is 1.47. The van der Waals surface area contributed by atoms with Gasteiger partial charge in [-0.2, -0.15) is 0 Å². The van der Waals surface area contributed by atoms with Gasteiger partial charge in [-0.25, -0.2) is 0 Å². The lowest BCUT2D eigenvalue weighted by atomic mass is 9.85. The predicted molar refractivity (Wildman–Crippen MR) is 84.6 cm³/mol. The van der Waals surface area contributed by atoms with Gasteiger partial charge in [0.05, 0.1) is 0 Å². The summed E-state index contributed by atoms with van der Waals surface area (Å²) in [7, 11) is 0. The van der Waals surface area contributed by atoms with E-state index in [1.807, 2.05) is 0 Å². The van der Waals surface area contributed by atoms with Gasteiger partial charge in [0, 0.05) is 25.7 Å². The smallest absolute Gasteiger partial charge is 0.0233 e. The zero-order valence-electron chi connectivity index (χ0n) is 12.8. The van der Waals surface area contributed by atoms with E-state index >= 15 is 0 Å². The first-order valence-corrected chi connectivity index (χ1v) is 8.37. The second-order valence-corrected chi connectivity index (χ2v) is 6.60. The normalized spacial score (nSPS) is 19.3. The third-order valence-electron chi connectivity index (χ3n) is 4.79. The highest BCUT2D eigenvalue weighted by molar-refractivity contribution is 5.22. The molecule has 2 nitrogen and oxygen atoms in total. The second-order valence-electron chi connectivity index (χ2n) is 6.60. The Bertz CT molecular complexity index is 404. The Kier molecular flexibility index (Phi) is 4.74. The average Bonchev–Trinajstić information content (AvgIpc) is 3.24. The maximum atomic E-state index is 3.58. The van der Waals surface area contributed by atoms with E-state index in [1.165, 1.54) is 56.3 Å². The molecule has 0 heterocycles. The molecule has 0 unspecified atom stereocenters. The van der Waals surface area contributed by atoms with Crippen LogP contribution in [0.15, 0.2) is 24.3 Å². The average molecular weight is 272 g/mol. The van der Waals surface area contributed by atoms with Crippen LogP contribution in [0.2, 0.25) is 0 Å². The molecule has 1 aromatic rings. The van der Waals surface area contributed by atoms with Crippen LogP contribution in [0.3, 0.4) is 0 Å². The molecule has 0 aliphatic heterocycles. The first-order valence-electron chi connectivity index (χ1n) is 8.37. The van der Waals surface area contributed by atoms with Crippen molar-refractivity contribution in [2.45, 2.75) is 58.2 Å². The summed E-state index contributed by atoms with van der Waals surface area (Å²) in [5.41, 5.74) is 2.88. The fourth-order valence-electron chi connectivity index (χ4n) is 2.92. The minimum Gasteiger partial charge on any atom is -0.310 e. The van der Waals surface area contributed by atoms with Crippen molar-refractivity contribution >= 4 is 0 Å². The predicted octanol–water partition coefficient (Wildman–Crippen LogP) is 3.56. The van der Waals surface area contributed by atoms with Gasteiger partial charge >= 0.3 is 0 Å². The van der Waals surface area contributed by atoms with Crippen molar-refractivity contribution in [1.29, 1.82) is 0 Å². The van der Waals surface area contributed by atoms with E-state index in [4.69, 9.17) is 0 Å². The third-order valence-corrected chi connectivity index (χ3v) is 4.79. The molecule has 2 aliphatic rings. The van der Waals surface area contributed by atoms with Gasteiger partial charge in [0.1, 0.15) is 0 Å². The van der Waals surface area contributed by atoms with Gasteiger partial charge in [0.25, 0.3) is 0 Å². The molecular weight excluding hydrogens is 244 g/mol. The van der Waals surface area contributed by atoms with Crippen molar-refractivity contribution in [2.24, 2.45) is 5.92 Å². The van der Waals surface area contributed by atoms with Crippen molar-refractivity contribution in [3.8, 4) is 0 Å². The lowest BCUT2D eigenvalue weighted by molar-refractivity contribution is 0.178. The molecule has 0 bridgehead atoms. The summed E-state index contributed by atoms with van der Waals surface area (Å²) in [5.74, 6) is 0.969. The molecule has 0 atom stereocenters. The lowest BCUT2D eigenvalue weighted by Crippen LogP contribution is -2.32. The summed E-state index contributed by atoms with van der Waals surface area (Å²) >= 11 is 0. The maximum absolute atomic E-state index is 3.58. The van der Waals surface area contributed by atoms with Gasteiger partial charge in [-0.15, -0.1) is 0 Å². The molecule has 1 aromatic carbocycles. The third kappa shape index (κ3) is 4.07. The minimum atomic E-state index is 0.799. The van der Waals surface area contributed by atoms with Crippen molar-refractivity contribution in [1.82, 2.24) is 10.2 Å². The van der Waals surface area contributed by atoms with E-state index in [1.54, 1.807) is 0 Å². The van der Waals surface area contributed by atoms with Gasteiger partial charge < -0.3 is 5.32 Å². The number of hydrogen-bond acceptors (Lipinski definition) is 2. The Morgan fingerprint density at radius 2 is 1.75 bits per heavy atom. The molecule has 3 rings (SSSR count). The summed E-state index contributed by atoms with van der Waals surface area (Å²) < 4.78 is 0. The fourth-order valence-corrected chi connectivity index (χ4v) is 2.92. The Labute approximate surface area is 123 Å². The minimum absolute atomic E-state index is 0.799. The molecular formula is C18H28N2. The summed E-state index contributed by atoms with van der Waals surface area (Å²) in [5, 5.41) is 3.58. The van der Waals surface area contributed by atoms with Crippen LogP contribution in [0.1, 0.15) is 50.2 Å². The molecule has 0 spiro atoms. The molecule has 110 valence electrons. The van der Waals surface area contributed by atoms with Crippen LogP contribution in [-0.2, 0) is 13.1 Å². The highest BCUT2D eigenvalue weighted by Crippen LogP contribution is 2.27. The monoisotopic (exact) mass is 272 g/mol. The Morgan fingerprint density at radius 3 is 2.30 bits per heavy atom. The summed E-state index contributed by atoms with van der Waals surface area (Å²) in [6.45, 7) is 6.89. The molecule has 2 aliphatic carbocycles. The van der Waals surface area contributed by atoms with Gasteiger partial charge in [0.15, 0.2) is 0 Å². The highest BCUT2D eigenvalue weighted by Gasteiger charge is 2.20. The van der Waals surface area contributed by atoms with E-state index in [2.05, 4.69) is 41.4 Å². The molecule has 0 aromatic heterocycles. The van der Waals surface area contributed by atoms with Crippen LogP contribution in [0, 0.1) is 5.92 Å². The van der Waals surface area contributed by atoms with E-state index in [0.29, 0.717) is 0 Å². The molecule has 0 amide bonds.